The molecule has 8 heteroatoms. The second-order valence-corrected chi connectivity index (χ2v) is 8.22. The first-order valence-electron chi connectivity index (χ1n) is 6.53. The van der Waals surface area contributed by atoms with Crippen molar-refractivity contribution in [3.63, 3.8) is 0 Å². The van der Waals surface area contributed by atoms with Crippen molar-refractivity contribution < 1.29 is 14.3 Å². The van der Waals surface area contributed by atoms with E-state index in [1.54, 1.807) is 6.92 Å². The quantitative estimate of drug-likeness (QED) is 0.340. The minimum atomic E-state index is -1.06. The predicted molar refractivity (Wildman–Crippen MR) is 97.8 cm³/mol. The van der Waals surface area contributed by atoms with Crippen molar-refractivity contribution in [2.45, 2.75) is 32.2 Å². The summed E-state index contributed by atoms with van der Waals surface area (Å²) >= 11 is 14.1. The standard InChI is InChI=1S/C14H13Br4NO3/c1-3-22-13(21)14(19-6(2)20)4-7-8(5-14)10(16)12(18)11(17)9(7)15/h3-5H2,1-2H3,(H,19,20). The third-order valence-corrected chi connectivity index (χ3v) is 8.44. The van der Waals surface area contributed by atoms with Gasteiger partial charge in [-0.15, -0.1) is 0 Å². The normalized spacial score (nSPS) is 15.4. The maximum Gasteiger partial charge on any atom is 0.332 e. The van der Waals surface area contributed by atoms with Crippen LogP contribution in [0, 0.1) is 0 Å². The molecule has 0 saturated heterocycles. The minimum absolute atomic E-state index is 0.258. The number of rotatable bonds is 3. The largest absolute Gasteiger partial charge is 0.464 e. The number of benzene rings is 1. The van der Waals surface area contributed by atoms with E-state index in [0.29, 0.717) is 12.8 Å². The zero-order valence-electron chi connectivity index (χ0n) is 11.9. The Morgan fingerprint density at radius 3 is 1.86 bits per heavy atom. The number of nitrogens with one attached hydrogen (secondary N) is 1. The fraction of sp³-hybridized carbons (Fsp3) is 0.429. The third-order valence-electron chi connectivity index (χ3n) is 3.51. The molecule has 0 atom stereocenters. The highest BCUT2D eigenvalue weighted by molar-refractivity contribution is 9.15. The monoisotopic (exact) mass is 559 g/mol. The highest BCUT2D eigenvalue weighted by atomic mass is 79.9. The molecule has 120 valence electrons. The van der Waals surface area contributed by atoms with Gasteiger partial charge in [-0.2, -0.15) is 0 Å². The van der Waals surface area contributed by atoms with Gasteiger partial charge in [0.05, 0.1) is 6.61 Å². The summed E-state index contributed by atoms with van der Waals surface area (Å²) in [7, 11) is 0. The molecule has 0 spiro atoms. The Balaban J connectivity index is 2.55. The van der Waals surface area contributed by atoms with Gasteiger partial charge in [0, 0.05) is 37.7 Å². The number of esters is 1. The summed E-state index contributed by atoms with van der Waals surface area (Å²) in [6.07, 6.45) is 0.762. The van der Waals surface area contributed by atoms with Crippen molar-refractivity contribution in [1.82, 2.24) is 5.32 Å². The van der Waals surface area contributed by atoms with Crippen molar-refractivity contribution >= 4 is 75.6 Å². The van der Waals surface area contributed by atoms with E-state index in [-0.39, 0.29) is 12.5 Å². The Morgan fingerprint density at radius 1 is 1.05 bits per heavy atom. The van der Waals surface area contributed by atoms with Gasteiger partial charge >= 0.3 is 5.97 Å². The van der Waals surface area contributed by atoms with E-state index in [2.05, 4.69) is 69.0 Å². The molecule has 0 bridgehead atoms. The Labute approximate surface area is 162 Å². The van der Waals surface area contributed by atoms with Crippen LogP contribution in [-0.2, 0) is 27.2 Å². The lowest BCUT2D eigenvalue weighted by Crippen LogP contribution is -2.55. The molecule has 4 nitrogen and oxygen atoms in total. The SMILES string of the molecule is CCOC(=O)C1(NC(C)=O)Cc2c(Br)c(Br)c(Br)c(Br)c2C1. The molecular weight excluding hydrogens is 550 g/mol. The Hall–Kier alpha value is 0.0800. The van der Waals surface area contributed by atoms with Gasteiger partial charge in [0.25, 0.3) is 0 Å². The van der Waals surface area contributed by atoms with Gasteiger partial charge in [0.15, 0.2) is 0 Å². The van der Waals surface area contributed by atoms with Gasteiger partial charge in [0.2, 0.25) is 5.91 Å². The van der Waals surface area contributed by atoms with Crippen LogP contribution in [0.15, 0.2) is 17.9 Å². The number of carbonyl (C=O) groups excluding carboxylic acids is 2. The van der Waals surface area contributed by atoms with Gasteiger partial charge in [0.1, 0.15) is 5.54 Å². The average Bonchev–Trinajstić information content (AvgIpc) is 2.83. The topological polar surface area (TPSA) is 55.4 Å². The zero-order valence-corrected chi connectivity index (χ0v) is 18.2. The smallest absolute Gasteiger partial charge is 0.332 e. The second kappa shape index (κ2) is 6.91. The van der Waals surface area contributed by atoms with Crippen molar-refractivity contribution in [1.29, 1.82) is 0 Å². The van der Waals surface area contributed by atoms with E-state index in [9.17, 15) is 9.59 Å². The highest BCUT2D eigenvalue weighted by Gasteiger charge is 2.48. The van der Waals surface area contributed by atoms with E-state index in [0.717, 1.165) is 29.0 Å². The van der Waals surface area contributed by atoms with E-state index >= 15 is 0 Å². The average molecular weight is 563 g/mol. The van der Waals surface area contributed by atoms with Gasteiger partial charge in [-0.05, 0) is 81.8 Å². The van der Waals surface area contributed by atoms with Crippen LogP contribution in [0.4, 0.5) is 0 Å². The molecular formula is C14H13Br4NO3. The molecule has 0 fully saturated rings. The van der Waals surface area contributed by atoms with Crippen LogP contribution in [0.1, 0.15) is 25.0 Å². The van der Waals surface area contributed by atoms with Crippen molar-refractivity contribution in [2.24, 2.45) is 0 Å². The van der Waals surface area contributed by atoms with Crippen LogP contribution in [0.2, 0.25) is 0 Å². The Kier molecular flexibility index (Phi) is 5.78. The molecule has 0 radical (unpaired) electrons. The maximum absolute atomic E-state index is 12.5. The number of hydrogen-bond donors (Lipinski definition) is 1. The van der Waals surface area contributed by atoms with Crippen LogP contribution in [0.5, 0.6) is 0 Å². The molecule has 1 N–H and O–H groups in total. The summed E-state index contributed by atoms with van der Waals surface area (Å²) in [5.41, 5.74) is 0.891. The van der Waals surface area contributed by atoms with E-state index in [4.69, 9.17) is 4.74 Å². The van der Waals surface area contributed by atoms with Gasteiger partial charge in [-0.1, -0.05) is 0 Å². The maximum atomic E-state index is 12.5. The second-order valence-electron chi connectivity index (χ2n) is 5.05. The molecule has 0 unspecified atom stereocenters. The summed E-state index contributed by atoms with van der Waals surface area (Å²) in [5, 5.41) is 2.79. The molecule has 1 aromatic carbocycles. The Morgan fingerprint density at radius 2 is 1.50 bits per heavy atom. The first-order valence-corrected chi connectivity index (χ1v) is 9.70. The number of halogens is 4. The summed E-state index contributed by atoms with van der Waals surface area (Å²) in [5.74, 6) is -0.668. The van der Waals surface area contributed by atoms with E-state index in [1.165, 1.54) is 6.92 Å². The van der Waals surface area contributed by atoms with Crippen molar-refractivity contribution in [3.05, 3.63) is 29.0 Å². The molecule has 0 aliphatic heterocycles. The number of amides is 1. The fourth-order valence-electron chi connectivity index (χ4n) is 2.65. The van der Waals surface area contributed by atoms with Gasteiger partial charge < -0.3 is 10.1 Å². The zero-order chi connectivity index (χ0) is 16.7. The number of carbonyl (C=O) groups is 2. The van der Waals surface area contributed by atoms with E-state index in [1.807, 2.05) is 0 Å². The first-order chi connectivity index (χ1) is 10.2. The third kappa shape index (κ3) is 3.16. The van der Waals surface area contributed by atoms with Gasteiger partial charge in [-0.3, -0.25) is 4.79 Å². The number of ether oxygens (including phenoxy) is 1. The van der Waals surface area contributed by atoms with Crippen molar-refractivity contribution in [2.75, 3.05) is 6.61 Å². The number of hydrogen-bond acceptors (Lipinski definition) is 3. The summed E-state index contributed by atoms with van der Waals surface area (Å²) in [4.78, 5) is 24.1. The van der Waals surface area contributed by atoms with Crippen molar-refractivity contribution in [3.8, 4) is 0 Å². The lowest BCUT2D eigenvalue weighted by molar-refractivity contribution is -0.152. The van der Waals surface area contributed by atoms with Gasteiger partial charge in [-0.25, -0.2) is 4.79 Å². The first kappa shape index (κ1) is 18.4. The molecule has 0 heterocycles. The van der Waals surface area contributed by atoms with E-state index < -0.39 is 11.5 Å². The summed E-state index contributed by atoms with van der Waals surface area (Å²) in [6, 6.07) is 0. The van der Waals surface area contributed by atoms with Crippen LogP contribution >= 0.6 is 63.7 Å². The lowest BCUT2D eigenvalue weighted by atomic mass is 9.95. The Bertz CT molecular complexity index is 623. The summed E-state index contributed by atoms with van der Waals surface area (Å²) in [6.45, 7) is 3.42. The van der Waals surface area contributed by atoms with Crippen LogP contribution in [0.25, 0.3) is 0 Å². The molecule has 0 aromatic heterocycles. The number of fused-ring (bicyclic) bond motifs is 1. The highest BCUT2D eigenvalue weighted by Crippen LogP contribution is 2.47. The van der Waals surface area contributed by atoms with Crippen LogP contribution < -0.4 is 5.32 Å². The minimum Gasteiger partial charge on any atom is -0.464 e. The summed E-state index contributed by atoms with van der Waals surface area (Å²) < 4.78 is 8.66. The molecule has 2 rings (SSSR count). The lowest BCUT2D eigenvalue weighted by Gasteiger charge is -2.27. The molecule has 22 heavy (non-hydrogen) atoms. The molecule has 0 saturated carbocycles. The molecule has 1 aliphatic carbocycles. The van der Waals surface area contributed by atoms with Crippen LogP contribution in [0.3, 0.4) is 0 Å². The molecule has 1 aliphatic rings. The molecule has 1 amide bonds. The molecule has 1 aromatic rings. The fourth-order valence-corrected chi connectivity index (χ4v) is 5.21. The van der Waals surface area contributed by atoms with Crippen LogP contribution in [-0.4, -0.2) is 24.0 Å². The predicted octanol–water partition coefficient (Wildman–Crippen LogP) is 4.27.